The summed E-state index contributed by atoms with van der Waals surface area (Å²) in [4.78, 5) is 0. The van der Waals surface area contributed by atoms with E-state index in [2.05, 4.69) is 0 Å². The molecule has 106 valence electrons. The predicted octanol–water partition coefficient (Wildman–Crippen LogP) is 1.96. The highest BCUT2D eigenvalue weighted by Crippen LogP contribution is 2.17. The standard InChI is InChI=1S/C16H19NO3/c17-10-13-6-4-5-9-16(13)20-12-14(18)11-19-15-7-2-1-3-8-15/h1-9,14,18H,10-12,17H2. The minimum Gasteiger partial charge on any atom is -0.491 e. The van der Waals surface area contributed by atoms with Crippen LogP contribution in [0, 0.1) is 0 Å². The van der Waals surface area contributed by atoms with Gasteiger partial charge in [0.25, 0.3) is 0 Å². The van der Waals surface area contributed by atoms with Crippen LogP contribution < -0.4 is 15.2 Å². The Bertz CT molecular complexity index is 516. The van der Waals surface area contributed by atoms with Crippen molar-refractivity contribution < 1.29 is 14.6 Å². The van der Waals surface area contributed by atoms with Crippen molar-refractivity contribution in [2.75, 3.05) is 13.2 Å². The first-order valence-electron chi connectivity index (χ1n) is 6.56. The van der Waals surface area contributed by atoms with Gasteiger partial charge in [-0.25, -0.2) is 0 Å². The lowest BCUT2D eigenvalue weighted by Crippen LogP contribution is -2.25. The van der Waals surface area contributed by atoms with Crippen LogP contribution in [-0.2, 0) is 6.54 Å². The van der Waals surface area contributed by atoms with Crippen molar-refractivity contribution in [3.8, 4) is 11.5 Å². The van der Waals surface area contributed by atoms with E-state index in [-0.39, 0.29) is 13.2 Å². The number of aliphatic hydroxyl groups is 1. The number of hydrogen-bond acceptors (Lipinski definition) is 4. The molecule has 0 aliphatic carbocycles. The maximum atomic E-state index is 9.85. The fraction of sp³-hybridized carbons (Fsp3) is 0.250. The summed E-state index contributed by atoms with van der Waals surface area (Å²) in [5, 5.41) is 9.85. The molecule has 20 heavy (non-hydrogen) atoms. The van der Waals surface area contributed by atoms with Crippen LogP contribution in [0.25, 0.3) is 0 Å². The van der Waals surface area contributed by atoms with E-state index in [1.807, 2.05) is 54.6 Å². The van der Waals surface area contributed by atoms with Crippen LogP contribution in [0.4, 0.5) is 0 Å². The van der Waals surface area contributed by atoms with E-state index in [0.717, 1.165) is 11.3 Å². The van der Waals surface area contributed by atoms with Gasteiger partial charge in [0.1, 0.15) is 30.8 Å². The van der Waals surface area contributed by atoms with Crippen LogP contribution in [0.5, 0.6) is 11.5 Å². The van der Waals surface area contributed by atoms with Gasteiger partial charge in [-0.05, 0) is 18.2 Å². The summed E-state index contributed by atoms with van der Waals surface area (Å²) < 4.78 is 11.0. The van der Waals surface area contributed by atoms with E-state index in [9.17, 15) is 5.11 Å². The Kier molecular flexibility index (Phi) is 5.41. The molecule has 0 aliphatic rings. The van der Waals surface area contributed by atoms with Crippen molar-refractivity contribution in [3.05, 3.63) is 60.2 Å². The number of benzene rings is 2. The first kappa shape index (κ1) is 14.4. The van der Waals surface area contributed by atoms with E-state index in [0.29, 0.717) is 12.3 Å². The highest BCUT2D eigenvalue weighted by atomic mass is 16.5. The topological polar surface area (TPSA) is 64.7 Å². The molecular formula is C16H19NO3. The molecule has 0 spiro atoms. The normalized spacial score (nSPS) is 11.9. The third kappa shape index (κ3) is 4.26. The first-order chi connectivity index (χ1) is 9.79. The van der Waals surface area contributed by atoms with Crippen molar-refractivity contribution in [1.29, 1.82) is 0 Å². The van der Waals surface area contributed by atoms with Crippen LogP contribution in [-0.4, -0.2) is 24.4 Å². The number of rotatable bonds is 7. The van der Waals surface area contributed by atoms with E-state index < -0.39 is 6.10 Å². The van der Waals surface area contributed by atoms with E-state index >= 15 is 0 Å². The zero-order valence-corrected chi connectivity index (χ0v) is 11.2. The lowest BCUT2D eigenvalue weighted by Gasteiger charge is -2.15. The molecule has 0 radical (unpaired) electrons. The number of nitrogens with two attached hydrogens (primary N) is 1. The summed E-state index contributed by atoms with van der Waals surface area (Å²) >= 11 is 0. The lowest BCUT2D eigenvalue weighted by atomic mass is 10.2. The molecule has 1 unspecified atom stereocenters. The molecule has 1 atom stereocenters. The zero-order chi connectivity index (χ0) is 14.2. The van der Waals surface area contributed by atoms with Gasteiger partial charge in [-0.2, -0.15) is 0 Å². The molecule has 2 aromatic rings. The van der Waals surface area contributed by atoms with E-state index in [1.165, 1.54) is 0 Å². The quantitative estimate of drug-likeness (QED) is 0.809. The molecule has 0 aromatic heterocycles. The predicted molar refractivity (Wildman–Crippen MR) is 77.8 cm³/mol. The molecule has 0 aliphatic heterocycles. The molecule has 0 fully saturated rings. The van der Waals surface area contributed by atoms with Gasteiger partial charge in [-0.3, -0.25) is 0 Å². The fourth-order valence-corrected chi connectivity index (χ4v) is 1.76. The van der Waals surface area contributed by atoms with Crippen LogP contribution in [0.3, 0.4) is 0 Å². The van der Waals surface area contributed by atoms with Gasteiger partial charge in [0, 0.05) is 12.1 Å². The second-order valence-corrected chi connectivity index (χ2v) is 4.40. The van der Waals surface area contributed by atoms with Gasteiger partial charge in [0.15, 0.2) is 0 Å². The van der Waals surface area contributed by atoms with Gasteiger partial charge in [-0.15, -0.1) is 0 Å². The SMILES string of the molecule is NCc1ccccc1OCC(O)COc1ccccc1. The molecule has 0 saturated heterocycles. The molecule has 3 N–H and O–H groups in total. The summed E-state index contributed by atoms with van der Waals surface area (Å²) in [6, 6.07) is 16.9. The highest BCUT2D eigenvalue weighted by Gasteiger charge is 2.08. The third-order valence-corrected chi connectivity index (χ3v) is 2.81. The molecular weight excluding hydrogens is 254 g/mol. The third-order valence-electron chi connectivity index (χ3n) is 2.81. The van der Waals surface area contributed by atoms with Crippen molar-refractivity contribution in [2.45, 2.75) is 12.6 Å². The second kappa shape index (κ2) is 7.53. The van der Waals surface area contributed by atoms with Gasteiger partial charge in [0.2, 0.25) is 0 Å². The molecule has 0 amide bonds. The van der Waals surface area contributed by atoms with Crippen molar-refractivity contribution >= 4 is 0 Å². The number of hydrogen-bond donors (Lipinski definition) is 2. The van der Waals surface area contributed by atoms with Crippen LogP contribution in [0.15, 0.2) is 54.6 Å². The Labute approximate surface area is 118 Å². The number of aliphatic hydroxyl groups excluding tert-OH is 1. The molecule has 4 nitrogen and oxygen atoms in total. The van der Waals surface area contributed by atoms with Crippen LogP contribution >= 0.6 is 0 Å². The lowest BCUT2D eigenvalue weighted by molar-refractivity contribution is 0.0623. The maximum absolute atomic E-state index is 9.85. The highest BCUT2D eigenvalue weighted by molar-refractivity contribution is 5.33. The molecule has 0 saturated carbocycles. The van der Waals surface area contributed by atoms with E-state index in [1.54, 1.807) is 0 Å². The Morgan fingerprint density at radius 3 is 2.30 bits per heavy atom. The molecule has 4 heteroatoms. The molecule has 2 rings (SSSR count). The summed E-state index contributed by atoms with van der Waals surface area (Å²) in [7, 11) is 0. The number of para-hydroxylation sites is 2. The molecule has 0 heterocycles. The summed E-state index contributed by atoms with van der Waals surface area (Å²) in [5.74, 6) is 1.43. The van der Waals surface area contributed by atoms with Crippen LogP contribution in [0.1, 0.15) is 5.56 Å². The van der Waals surface area contributed by atoms with Crippen LogP contribution in [0.2, 0.25) is 0 Å². The monoisotopic (exact) mass is 273 g/mol. The average molecular weight is 273 g/mol. The van der Waals surface area contributed by atoms with E-state index in [4.69, 9.17) is 15.2 Å². The molecule has 0 bridgehead atoms. The van der Waals surface area contributed by atoms with Gasteiger partial charge in [0.05, 0.1) is 0 Å². The maximum Gasteiger partial charge on any atom is 0.123 e. The minimum absolute atomic E-state index is 0.170. The Hall–Kier alpha value is -2.04. The minimum atomic E-state index is -0.693. The summed E-state index contributed by atoms with van der Waals surface area (Å²) in [5.41, 5.74) is 6.54. The Morgan fingerprint density at radius 2 is 1.55 bits per heavy atom. The zero-order valence-electron chi connectivity index (χ0n) is 11.2. The molecule has 2 aromatic carbocycles. The number of ether oxygens (including phenoxy) is 2. The Balaban J connectivity index is 1.79. The van der Waals surface area contributed by atoms with Gasteiger partial charge in [-0.1, -0.05) is 36.4 Å². The van der Waals surface area contributed by atoms with Crippen molar-refractivity contribution in [2.24, 2.45) is 5.73 Å². The average Bonchev–Trinajstić information content (AvgIpc) is 2.52. The fourth-order valence-electron chi connectivity index (χ4n) is 1.76. The second-order valence-electron chi connectivity index (χ2n) is 4.40. The van der Waals surface area contributed by atoms with Crippen molar-refractivity contribution in [3.63, 3.8) is 0 Å². The van der Waals surface area contributed by atoms with Gasteiger partial charge < -0.3 is 20.3 Å². The smallest absolute Gasteiger partial charge is 0.123 e. The van der Waals surface area contributed by atoms with Gasteiger partial charge >= 0.3 is 0 Å². The summed E-state index contributed by atoms with van der Waals surface area (Å²) in [6.45, 7) is 0.769. The largest absolute Gasteiger partial charge is 0.491 e. The van der Waals surface area contributed by atoms with Crippen molar-refractivity contribution in [1.82, 2.24) is 0 Å². The Morgan fingerprint density at radius 1 is 0.900 bits per heavy atom. The summed E-state index contributed by atoms with van der Waals surface area (Å²) in [6.07, 6.45) is -0.693. The first-order valence-corrected chi connectivity index (χ1v) is 6.56.